The van der Waals surface area contributed by atoms with Gasteiger partial charge in [0.25, 0.3) is 11.8 Å². The number of halogens is 1. The Morgan fingerprint density at radius 2 is 1.85 bits per heavy atom. The van der Waals surface area contributed by atoms with Gasteiger partial charge in [-0.2, -0.15) is 0 Å². The number of amides is 2. The number of carbonyl (C=O) groups is 2. The maximum atomic E-state index is 13.2. The highest BCUT2D eigenvalue weighted by Crippen LogP contribution is 2.25. The van der Waals surface area contributed by atoms with Gasteiger partial charge in [0, 0.05) is 6.61 Å². The van der Waals surface area contributed by atoms with Gasteiger partial charge in [-0.15, -0.1) is 0 Å². The van der Waals surface area contributed by atoms with Crippen LogP contribution in [0.4, 0.5) is 4.39 Å². The third-order valence-corrected chi connectivity index (χ3v) is 3.09. The van der Waals surface area contributed by atoms with Crippen molar-refractivity contribution < 1.29 is 18.7 Å². The highest BCUT2D eigenvalue weighted by atomic mass is 19.1. The van der Waals surface area contributed by atoms with Gasteiger partial charge in [-0.1, -0.05) is 24.3 Å². The summed E-state index contributed by atoms with van der Waals surface area (Å²) in [6.45, 7) is 1.92. The Kier molecular flexibility index (Phi) is 4.63. The normalized spacial score (nSPS) is 16.0. The second-order valence-electron chi connectivity index (χ2n) is 4.34. The molecule has 1 aliphatic heterocycles. The summed E-state index contributed by atoms with van der Waals surface area (Å²) in [6, 6.07) is 5.64. The first kappa shape index (κ1) is 14.4. The SMILES string of the molecule is CCOC/C=C/[C@H](CF)N1C(=O)c2ccccc2C1=O. The molecule has 0 saturated carbocycles. The second-order valence-corrected chi connectivity index (χ2v) is 4.34. The van der Waals surface area contributed by atoms with Crippen molar-refractivity contribution in [2.24, 2.45) is 0 Å². The molecule has 0 aliphatic carbocycles. The fraction of sp³-hybridized carbons (Fsp3) is 0.333. The van der Waals surface area contributed by atoms with Gasteiger partial charge in [-0.25, -0.2) is 4.39 Å². The molecule has 20 heavy (non-hydrogen) atoms. The Labute approximate surface area is 116 Å². The van der Waals surface area contributed by atoms with Gasteiger partial charge in [0.1, 0.15) is 6.67 Å². The van der Waals surface area contributed by atoms with Gasteiger partial charge in [-0.05, 0) is 19.1 Å². The van der Waals surface area contributed by atoms with Crippen LogP contribution in [0.3, 0.4) is 0 Å². The molecule has 0 saturated heterocycles. The van der Waals surface area contributed by atoms with Crippen LogP contribution in [-0.2, 0) is 4.74 Å². The molecule has 0 radical (unpaired) electrons. The average Bonchev–Trinajstić information content (AvgIpc) is 2.73. The summed E-state index contributed by atoms with van der Waals surface area (Å²) < 4.78 is 18.3. The van der Waals surface area contributed by atoms with Gasteiger partial charge in [0.15, 0.2) is 0 Å². The van der Waals surface area contributed by atoms with E-state index in [4.69, 9.17) is 4.74 Å². The number of hydrogen-bond donors (Lipinski definition) is 0. The highest BCUT2D eigenvalue weighted by Gasteiger charge is 2.38. The molecule has 4 nitrogen and oxygen atoms in total. The molecule has 1 atom stereocenters. The lowest BCUT2D eigenvalue weighted by Crippen LogP contribution is -2.40. The summed E-state index contributed by atoms with van der Waals surface area (Å²) in [5.41, 5.74) is 0.656. The quantitative estimate of drug-likeness (QED) is 0.455. The fourth-order valence-electron chi connectivity index (χ4n) is 2.11. The van der Waals surface area contributed by atoms with E-state index in [-0.39, 0.29) is 0 Å². The van der Waals surface area contributed by atoms with Crippen LogP contribution >= 0.6 is 0 Å². The molecule has 1 aromatic rings. The lowest BCUT2D eigenvalue weighted by molar-refractivity contribution is 0.0595. The lowest BCUT2D eigenvalue weighted by Gasteiger charge is -2.20. The van der Waals surface area contributed by atoms with Crippen molar-refractivity contribution in [1.29, 1.82) is 0 Å². The zero-order valence-corrected chi connectivity index (χ0v) is 11.2. The first-order chi connectivity index (χ1) is 9.70. The monoisotopic (exact) mass is 277 g/mol. The molecule has 2 rings (SSSR count). The molecule has 0 fully saturated rings. The molecule has 0 aromatic heterocycles. The van der Waals surface area contributed by atoms with Crippen molar-refractivity contribution in [2.75, 3.05) is 19.9 Å². The Morgan fingerprint density at radius 3 is 2.35 bits per heavy atom. The Hall–Kier alpha value is -2.01. The number of ether oxygens (including phenoxy) is 1. The fourth-order valence-corrected chi connectivity index (χ4v) is 2.11. The Morgan fingerprint density at radius 1 is 1.25 bits per heavy atom. The van der Waals surface area contributed by atoms with E-state index in [1.54, 1.807) is 30.3 Å². The number of benzene rings is 1. The van der Waals surface area contributed by atoms with Crippen LogP contribution in [0, 0.1) is 0 Å². The number of fused-ring (bicyclic) bond motifs is 1. The van der Waals surface area contributed by atoms with Crippen LogP contribution in [0.5, 0.6) is 0 Å². The van der Waals surface area contributed by atoms with E-state index >= 15 is 0 Å². The van der Waals surface area contributed by atoms with Gasteiger partial charge >= 0.3 is 0 Å². The topological polar surface area (TPSA) is 46.6 Å². The minimum Gasteiger partial charge on any atom is -0.378 e. The Bertz CT molecular complexity index is 507. The van der Waals surface area contributed by atoms with E-state index in [1.807, 2.05) is 6.92 Å². The largest absolute Gasteiger partial charge is 0.378 e. The van der Waals surface area contributed by atoms with Crippen molar-refractivity contribution in [3.63, 3.8) is 0 Å². The average molecular weight is 277 g/mol. The van der Waals surface area contributed by atoms with Gasteiger partial charge in [0.2, 0.25) is 0 Å². The van der Waals surface area contributed by atoms with Gasteiger partial charge in [0.05, 0.1) is 23.8 Å². The summed E-state index contributed by atoms with van der Waals surface area (Å²) in [5, 5.41) is 0. The van der Waals surface area contributed by atoms with Crippen LogP contribution < -0.4 is 0 Å². The molecule has 0 unspecified atom stereocenters. The maximum Gasteiger partial charge on any atom is 0.262 e. The zero-order valence-electron chi connectivity index (χ0n) is 11.2. The third kappa shape index (κ3) is 2.63. The molecule has 2 amide bonds. The summed E-state index contributed by atoms with van der Waals surface area (Å²) in [7, 11) is 0. The lowest BCUT2D eigenvalue weighted by atomic mass is 10.1. The summed E-state index contributed by atoms with van der Waals surface area (Å²) >= 11 is 0. The molecule has 0 bridgehead atoms. The third-order valence-electron chi connectivity index (χ3n) is 3.09. The number of hydrogen-bond acceptors (Lipinski definition) is 3. The Balaban J connectivity index is 2.18. The smallest absolute Gasteiger partial charge is 0.262 e. The van der Waals surface area contributed by atoms with Crippen molar-refractivity contribution in [3.05, 3.63) is 47.5 Å². The first-order valence-electron chi connectivity index (χ1n) is 6.48. The van der Waals surface area contributed by atoms with Crippen molar-refractivity contribution in [3.8, 4) is 0 Å². The minimum absolute atomic E-state index is 0.328. The predicted octanol–water partition coefficient (Wildman–Crippen LogP) is 2.21. The zero-order chi connectivity index (χ0) is 14.5. The van der Waals surface area contributed by atoms with Crippen LogP contribution in [0.15, 0.2) is 36.4 Å². The van der Waals surface area contributed by atoms with E-state index in [0.29, 0.717) is 24.3 Å². The molecule has 0 spiro atoms. The number of imide groups is 1. The molecule has 1 heterocycles. The number of rotatable bonds is 6. The first-order valence-corrected chi connectivity index (χ1v) is 6.48. The van der Waals surface area contributed by atoms with Crippen molar-refractivity contribution in [1.82, 2.24) is 4.90 Å². The molecule has 1 aromatic carbocycles. The minimum atomic E-state index is -0.886. The van der Waals surface area contributed by atoms with Crippen LogP contribution in [0.2, 0.25) is 0 Å². The summed E-state index contributed by atoms with van der Waals surface area (Å²) in [4.78, 5) is 25.3. The summed E-state index contributed by atoms with van der Waals surface area (Å²) in [5.74, 6) is -0.899. The van der Waals surface area contributed by atoms with Gasteiger partial charge in [-0.3, -0.25) is 14.5 Å². The van der Waals surface area contributed by atoms with E-state index in [0.717, 1.165) is 4.90 Å². The molecular weight excluding hydrogens is 261 g/mol. The highest BCUT2D eigenvalue weighted by molar-refractivity contribution is 6.21. The molecule has 0 N–H and O–H groups in total. The predicted molar refractivity (Wildman–Crippen MR) is 72.3 cm³/mol. The standard InChI is InChI=1S/C15H16FNO3/c1-2-20-9-5-6-11(10-16)17-14(18)12-7-3-4-8-13(12)15(17)19/h3-8,11H,2,9-10H2,1H3/b6-5+/t11-/m1/s1. The van der Waals surface area contributed by atoms with Crippen LogP contribution in [-0.4, -0.2) is 42.6 Å². The van der Waals surface area contributed by atoms with E-state index in [9.17, 15) is 14.0 Å². The van der Waals surface area contributed by atoms with Crippen molar-refractivity contribution >= 4 is 11.8 Å². The number of alkyl halides is 1. The van der Waals surface area contributed by atoms with E-state index in [2.05, 4.69) is 0 Å². The maximum absolute atomic E-state index is 13.2. The molecular formula is C15H16FNO3. The number of carbonyl (C=O) groups excluding carboxylic acids is 2. The molecule has 106 valence electrons. The van der Waals surface area contributed by atoms with Crippen LogP contribution in [0.25, 0.3) is 0 Å². The van der Waals surface area contributed by atoms with E-state index < -0.39 is 24.5 Å². The second kappa shape index (κ2) is 6.43. The van der Waals surface area contributed by atoms with Crippen LogP contribution in [0.1, 0.15) is 27.6 Å². The van der Waals surface area contributed by atoms with E-state index in [1.165, 1.54) is 6.08 Å². The number of nitrogens with zero attached hydrogens (tertiary/aromatic N) is 1. The summed E-state index contributed by atoms with van der Waals surface area (Å²) in [6.07, 6.45) is 3.12. The molecule has 1 aliphatic rings. The van der Waals surface area contributed by atoms with Gasteiger partial charge < -0.3 is 4.74 Å². The molecule has 5 heteroatoms. The van der Waals surface area contributed by atoms with Crippen molar-refractivity contribution in [2.45, 2.75) is 13.0 Å².